The molecule has 1 saturated heterocycles. The largest absolute Gasteiger partial charge is 0.375 e. The number of halogens is 2. The summed E-state index contributed by atoms with van der Waals surface area (Å²) in [6.07, 6.45) is -0.175. The molecular formula is C14H18BrFN2O2. The molecular weight excluding hydrogens is 327 g/mol. The Morgan fingerprint density at radius 1 is 1.60 bits per heavy atom. The van der Waals surface area contributed by atoms with Crippen LogP contribution >= 0.6 is 15.9 Å². The van der Waals surface area contributed by atoms with Gasteiger partial charge in [-0.05, 0) is 25.1 Å². The molecule has 0 aliphatic carbocycles. The van der Waals surface area contributed by atoms with Crippen LogP contribution in [0.15, 0.2) is 22.7 Å². The van der Waals surface area contributed by atoms with Crippen molar-refractivity contribution in [2.45, 2.75) is 25.6 Å². The minimum atomic E-state index is -0.371. The first-order valence-corrected chi connectivity index (χ1v) is 7.32. The van der Waals surface area contributed by atoms with E-state index in [2.05, 4.69) is 21.2 Å². The average molecular weight is 345 g/mol. The zero-order chi connectivity index (χ0) is 14.7. The summed E-state index contributed by atoms with van der Waals surface area (Å²) in [5, 5.41) is 3.14. The summed E-state index contributed by atoms with van der Waals surface area (Å²) in [5.74, 6) is -0.398. The minimum absolute atomic E-state index is 0.0865. The van der Waals surface area contributed by atoms with E-state index in [4.69, 9.17) is 4.74 Å². The van der Waals surface area contributed by atoms with Gasteiger partial charge < -0.3 is 15.0 Å². The number of carbonyl (C=O) groups excluding carboxylic acids is 1. The number of nitrogens with one attached hydrogen (secondary N) is 1. The lowest BCUT2D eigenvalue weighted by molar-refractivity contribution is -0.138. The first-order chi connectivity index (χ1) is 9.49. The molecule has 2 rings (SSSR count). The van der Waals surface area contributed by atoms with Crippen molar-refractivity contribution < 1.29 is 13.9 Å². The Hall–Kier alpha value is -0.980. The van der Waals surface area contributed by atoms with Crippen LogP contribution in [0.4, 0.5) is 4.39 Å². The second kappa shape index (κ2) is 6.65. The van der Waals surface area contributed by atoms with Crippen LogP contribution in [-0.2, 0) is 16.1 Å². The Morgan fingerprint density at radius 2 is 2.35 bits per heavy atom. The van der Waals surface area contributed by atoms with Crippen LogP contribution in [0.1, 0.15) is 12.5 Å². The van der Waals surface area contributed by atoms with Gasteiger partial charge in [-0.15, -0.1) is 0 Å². The number of likely N-dealkylation sites (N-methyl/N-ethyl adjacent to an activating group) is 1. The lowest BCUT2D eigenvalue weighted by Gasteiger charge is -2.32. The maximum Gasteiger partial charge on any atom is 0.242 e. The molecule has 110 valence electrons. The van der Waals surface area contributed by atoms with E-state index in [1.165, 1.54) is 11.0 Å². The SMILES string of the molecule is C[C@H]1OCCN[C@@H]1C(=O)N(C)Cc1cc(Br)ccc1F. The van der Waals surface area contributed by atoms with Gasteiger partial charge in [0.1, 0.15) is 11.9 Å². The first kappa shape index (κ1) is 15.4. The van der Waals surface area contributed by atoms with E-state index in [0.717, 1.165) is 4.47 Å². The van der Waals surface area contributed by atoms with Crippen molar-refractivity contribution in [1.82, 2.24) is 10.2 Å². The van der Waals surface area contributed by atoms with Crippen molar-refractivity contribution in [1.29, 1.82) is 0 Å². The van der Waals surface area contributed by atoms with Crippen LogP contribution in [0.5, 0.6) is 0 Å². The van der Waals surface area contributed by atoms with Crippen molar-refractivity contribution in [3.05, 3.63) is 34.1 Å². The summed E-state index contributed by atoms with van der Waals surface area (Å²) in [7, 11) is 1.67. The Bertz CT molecular complexity index is 498. The zero-order valence-corrected chi connectivity index (χ0v) is 13.1. The fourth-order valence-electron chi connectivity index (χ4n) is 2.24. The van der Waals surface area contributed by atoms with Gasteiger partial charge >= 0.3 is 0 Å². The lowest BCUT2D eigenvalue weighted by atomic mass is 10.1. The van der Waals surface area contributed by atoms with Gasteiger partial charge in [0.05, 0.1) is 12.7 Å². The van der Waals surface area contributed by atoms with E-state index in [1.807, 2.05) is 6.92 Å². The highest BCUT2D eigenvalue weighted by Crippen LogP contribution is 2.17. The van der Waals surface area contributed by atoms with Gasteiger partial charge in [0, 0.05) is 30.2 Å². The fourth-order valence-corrected chi connectivity index (χ4v) is 2.65. The molecule has 1 amide bonds. The summed E-state index contributed by atoms with van der Waals surface area (Å²) in [6.45, 7) is 3.35. The smallest absolute Gasteiger partial charge is 0.242 e. The maximum absolute atomic E-state index is 13.7. The fraction of sp³-hybridized carbons (Fsp3) is 0.500. The van der Waals surface area contributed by atoms with Crippen LogP contribution in [-0.4, -0.2) is 43.2 Å². The van der Waals surface area contributed by atoms with Crippen LogP contribution in [0.3, 0.4) is 0 Å². The van der Waals surface area contributed by atoms with Crippen molar-refractivity contribution in [2.24, 2.45) is 0 Å². The van der Waals surface area contributed by atoms with Crippen LogP contribution in [0.25, 0.3) is 0 Å². The number of carbonyl (C=O) groups is 1. The molecule has 0 radical (unpaired) electrons. The summed E-state index contributed by atoms with van der Waals surface area (Å²) < 4.78 is 20.0. The number of ether oxygens (including phenoxy) is 1. The summed E-state index contributed by atoms with van der Waals surface area (Å²) >= 11 is 3.31. The molecule has 20 heavy (non-hydrogen) atoms. The molecule has 1 N–H and O–H groups in total. The Balaban J connectivity index is 2.05. The van der Waals surface area contributed by atoms with Gasteiger partial charge in [-0.2, -0.15) is 0 Å². The predicted molar refractivity (Wildman–Crippen MR) is 77.8 cm³/mol. The quantitative estimate of drug-likeness (QED) is 0.910. The monoisotopic (exact) mass is 344 g/mol. The normalized spacial score (nSPS) is 22.6. The van der Waals surface area contributed by atoms with Crippen LogP contribution in [0.2, 0.25) is 0 Å². The number of amides is 1. The summed E-state index contributed by atoms with van der Waals surface area (Å²) in [6, 6.07) is 4.35. The van der Waals surface area contributed by atoms with Gasteiger partial charge in [-0.3, -0.25) is 4.79 Å². The van der Waals surface area contributed by atoms with E-state index >= 15 is 0 Å². The molecule has 1 fully saturated rings. The number of nitrogens with zero attached hydrogens (tertiary/aromatic N) is 1. The van der Waals surface area contributed by atoms with E-state index in [1.54, 1.807) is 19.2 Å². The van der Waals surface area contributed by atoms with Crippen molar-refractivity contribution in [3.63, 3.8) is 0 Å². The number of hydrogen-bond donors (Lipinski definition) is 1. The van der Waals surface area contributed by atoms with E-state index in [9.17, 15) is 9.18 Å². The Kier molecular flexibility index (Phi) is 5.12. The van der Waals surface area contributed by atoms with E-state index in [0.29, 0.717) is 18.7 Å². The standard InChI is InChI=1S/C14H18BrFN2O2/c1-9-13(17-5-6-20-9)14(19)18(2)8-10-7-11(15)3-4-12(10)16/h3-4,7,9,13,17H,5-6,8H2,1-2H3/t9-,13+/m1/s1. The molecule has 0 unspecified atom stereocenters. The van der Waals surface area contributed by atoms with Crippen LogP contribution in [0, 0.1) is 5.82 Å². The predicted octanol–water partition coefficient (Wildman–Crippen LogP) is 1.92. The highest BCUT2D eigenvalue weighted by atomic mass is 79.9. The zero-order valence-electron chi connectivity index (χ0n) is 11.5. The lowest BCUT2D eigenvalue weighted by Crippen LogP contribution is -2.55. The number of morpholine rings is 1. The third-order valence-corrected chi connectivity index (χ3v) is 3.87. The van der Waals surface area contributed by atoms with E-state index in [-0.39, 0.29) is 30.4 Å². The summed E-state index contributed by atoms with van der Waals surface area (Å²) in [5.41, 5.74) is 0.486. The van der Waals surface area contributed by atoms with Crippen molar-refractivity contribution in [2.75, 3.05) is 20.2 Å². The number of rotatable bonds is 3. The third-order valence-electron chi connectivity index (χ3n) is 3.37. The molecule has 1 aromatic rings. The molecule has 6 heteroatoms. The summed E-state index contributed by atoms with van der Waals surface area (Å²) in [4.78, 5) is 13.9. The van der Waals surface area contributed by atoms with E-state index < -0.39 is 0 Å². The first-order valence-electron chi connectivity index (χ1n) is 6.53. The molecule has 1 aromatic carbocycles. The number of hydrogen-bond acceptors (Lipinski definition) is 3. The molecule has 4 nitrogen and oxygen atoms in total. The molecule has 2 atom stereocenters. The molecule has 0 saturated carbocycles. The molecule has 1 aliphatic heterocycles. The van der Waals surface area contributed by atoms with Crippen molar-refractivity contribution >= 4 is 21.8 Å². The second-order valence-corrected chi connectivity index (χ2v) is 5.85. The molecule has 0 spiro atoms. The molecule has 1 heterocycles. The molecule has 0 bridgehead atoms. The van der Waals surface area contributed by atoms with Gasteiger partial charge in [-0.25, -0.2) is 4.39 Å². The minimum Gasteiger partial charge on any atom is -0.375 e. The average Bonchev–Trinajstić information content (AvgIpc) is 2.42. The topological polar surface area (TPSA) is 41.6 Å². The van der Waals surface area contributed by atoms with Crippen molar-refractivity contribution in [3.8, 4) is 0 Å². The molecule has 1 aliphatic rings. The molecule has 0 aromatic heterocycles. The van der Waals surface area contributed by atoms with Crippen LogP contribution < -0.4 is 5.32 Å². The second-order valence-electron chi connectivity index (χ2n) is 4.94. The Labute approximate surface area is 126 Å². The third kappa shape index (κ3) is 3.56. The number of benzene rings is 1. The van der Waals surface area contributed by atoms with Gasteiger partial charge in [-0.1, -0.05) is 15.9 Å². The highest BCUT2D eigenvalue weighted by molar-refractivity contribution is 9.10. The van der Waals surface area contributed by atoms with Gasteiger partial charge in [0.25, 0.3) is 0 Å². The maximum atomic E-state index is 13.7. The Morgan fingerprint density at radius 3 is 3.05 bits per heavy atom. The highest BCUT2D eigenvalue weighted by Gasteiger charge is 2.30. The van der Waals surface area contributed by atoms with Gasteiger partial charge in [0.2, 0.25) is 5.91 Å². The van der Waals surface area contributed by atoms with Gasteiger partial charge in [0.15, 0.2) is 0 Å².